The molecule has 0 unspecified atom stereocenters. The Kier molecular flexibility index (Phi) is 3.26. The van der Waals surface area contributed by atoms with E-state index in [1.54, 1.807) is 0 Å². The molecule has 1 aromatic rings. The zero-order valence-electron chi connectivity index (χ0n) is 9.14. The van der Waals surface area contributed by atoms with Gasteiger partial charge < -0.3 is 15.2 Å². The highest BCUT2D eigenvalue weighted by molar-refractivity contribution is 5.94. The van der Waals surface area contributed by atoms with Crippen molar-refractivity contribution in [2.75, 3.05) is 18.5 Å². The summed E-state index contributed by atoms with van der Waals surface area (Å²) in [5.74, 6) is -0.413. The fraction of sp³-hybridized carbons (Fsp3) is 0.333. The SMILES string of the molecule is N#Cc1ccc(O)c(NC(=O)[C@H]2CCOC2)c1. The largest absolute Gasteiger partial charge is 0.506 e. The van der Waals surface area contributed by atoms with E-state index in [0.717, 1.165) is 0 Å². The van der Waals surface area contributed by atoms with Crippen molar-refractivity contribution in [2.24, 2.45) is 5.92 Å². The lowest BCUT2D eigenvalue weighted by Crippen LogP contribution is -2.22. The van der Waals surface area contributed by atoms with Crippen molar-refractivity contribution < 1.29 is 14.6 Å². The molecule has 1 atom stereocenters. The fourth-order valence-electron chi connectivity index (χ4n) is 1.68. The first-order valence-electron chi connectivity index (χ1n) is 5.32. The molecule has 5 heteroatoms. The minimum Gasteiger partial charge on any atom is -0.506 e. The number of anilines is 1. The number of amides is 1. The van der Waals surface area contributed by atoms with Crippen molar-refractivity contribution in [3.05, 3.63) is 23.8 Å². The number of hydrogen-bond acceptors (Lipinski definition) is 4. The molecule has 1 aliphatic rings. The molecule has 1 amide bonds. The number of phenols is 1. The van der Waals surface area contributed by atoms with E-state index in [0.29, 0.717) is 25.2 Å². The molecular formula is C12H12N2O3. The quantitative estimate of drug-likeness (QED) is 0.751. The Labute approximate surface area is 98.6 Å². The summed E-state index contributed by atoms with van der Waals surface area (Å²) in [6.07, 6.45) is 0.685. The second kappa shape index (κ2) is 4.85. The number of nitriles is 1. The van der Waals surface area contributed by atoms with Gasteiger partial charge in [-0.1, -0.05) is 0 Å². The first-order valence-corrected chi connectivity index (χ1v) is 5.32. The number of ether oxygens (including phenoxy) is 1. The molecule has 1 heterocycles. The van der Waals surface area contributed by atoms with Crippen LogP contribution in [0.3, 0.4) is 0 Å². The number of nitrogens with one attached hydrogen (secondary N) is 1. The van der Waals surface area contributed by atoms with Gasteiger partial charge in [0.05, 0.1) is 29.8 Å². The highest BCUT2D eigenvalue weighted by Gasteiger charge is 2.24. The zero-order valence-corrected chi connectivity index (χ0v) is 9.14. The lowest BCUT2D eigenvalue weighted by atomic mass is 10.1. The topological polar surface area (TPSA) is 82.4 Å². The molecule has 1 aliphatic heterocycles. The summed E-state index contributed by atoms with van der Waals surface area (Å²) in [6.45, 7) is 0.993. The third kappa shape index (κ3) is 2.55. The van der Waals surface area contributed by atoms with Crippen LogP contribution in [0.25, 0.3) is 0 Å². The summed E-state index contributed by atoms with van der Waals surface area (Å²) in [6, 6.07) is 6.28. The van der Waals surface area contributed by atoms with Crippen LogP contribution in [0.5, 0.6) is 5.75 Å². The maximum absolute atomic E-state index is 11.8. The first kappa shape index (κ1) is 11.4. The molecule has 5 nitrogen and oxygen atoms in total. The van der Waals surface area contributed by atoms with Gasteiger partial charge in [0.2, 0.25) is 5.91 Å². The van der Waals surface area contributed by atoms with Crippen molar-refractivity contribution in [3.63, 3.8) is 0 Å². The average molecular weight is 232 g/mol. The maximum Gasteiger partial charge on any atom is 0.230 e. The average Bonchev–Trinajstić information content (AvgIpc) is 2.85. The lowest BCUT2D eigenvalue weighted by Gasteiger charge is -2.10. The van der Waals surface area contributed by atoms with Crippen LogP contribution in [-0.4, -0.2) is 24.2 Å². The van der Waals surface area contributed by atoms with E-state index in [4.69, 9.17) is 10.00 Å². The monoisotopic (exact) mass is 232 g/mol. The van der Waals surface area contributed by atoms with Gasteiger partial charge in [0.25, 0.3) is 0 Å². The third-order valence-corrected chi connectivity index (χ3v) is 2.68. The van der Waals surface area contributed by atoms with Gasteiger partial charge in [-0.05, 0) is 24.6 Å². The van der Waals surface area contributed by atoms with Crippen molar-refractivity contribution in [3.8, 4) is 11.8 Å². The molecule has 17 heavy (non-hydrogen) atoms. The van der Waals surface area contributed by atoms with Gasteiger partial charge >= 0.3 is 0 Å². The van der Waals surface area contributed by atoms with Crippen molar-refractivity contribution in [1.29, 1.82) is 5.26 Å². The van der Waals surface area contributed by atoms with Crippen LogP contribution >= 0.6 is 0 Å². The molecular weight excluding hydrogens is 220 g/mol. The fourth-order valence-corrected chi connectivity index (χ4v) is 1.68. The van der Waals surface area contributed by atoms with E-state index in [2.05, 4.69) is 5.32 Å². The van der Waals surface area contributed by atoms with Gasteiger partial charge in [-0.2, -0.15) is 5.26 Å². The molecule has 0 bridgehead atoms. The Morgan fingerprint density at radius 1 is 1.59 bits per heavy atom. The summed E-state index contributed by atoms with van der Waals surface area (Å²) < 4.78 is 5.12. The molecule has 1 fully saturated rings. The Balaban J connectivity index is 2.12. The summed E-state index contributed by atoms with van der Waals surface area (Å²) in [4.78, 5) is 11.8. The first-order chi connectivity index (χ1) is 8.20. The highest BCUT2D eigenvalue weighted by atomic mass is 16.5. The van der Waals surface area contributed by atoms with E-state index in [-0.39, 0.29) is 23.3 Å². The van der Waals surface area contributed by atoms with Crippen LogP contribution in [-0.2, 0) is 9.53 Å². The van der Waals surface area contributed by atoms with Crippen molar-refractivity contribution in [1.82, 2.24) is 0 Å². The second-order valence-corrected chi connectivity index (χ2v) is 3.89. The predicted octanol–water partition coefficient (Wildman–Crippen LogP) is 1.24. The van der Waals surface area contributed by atoms with Gasteiger partial charge in [0.15, 0.2) is 0 Å². The van der Waals surface area contributed by atoms with E-state index in [1.807, 2.05) is 6.07 Å². The van der Waals surface area contributed by atoms with Gasteiger partial charge in [-0.3, -0.25) is 4.79 Å². The number of nitrogens with zero attached hydrogens (tertiary/aromatic N) is 1. The zero-order chi connectivity index (χ0) is 12.3. The Hall–Kier alpha value is -2.06. The number of phenolic OH excluding ortho intramolecular Hbond substituents is 1. The summed E-state index contributed by atoms with van der Waals surface area (Å²) in [5.41, 5.74) is 0.654. The molecule has 88 valence electrons. The Bertz CT molecular complexity index is 473. The minimum absolute atomic E-state index is 0.0451. The summed E-state index contributed by atoms with van der Waals surface area (Å²) >= 11 is 0. The Morgan fingerprint density at radius 3 is 3.06 bits per heavy atom. The van der Waals surface area contributed by atoms with E-state index in [1.165, 1.54) is 18.2 Å². The number of benzene rings is 1. The summed E-state index contributed by atoms with van der Waals surface area (Å²) in [7, 11) is 0. The number of hydrogen-bond donors (Lipinski definition) is 2. The highest BCUT2D eigenvalue weighted by Crippen LogP contribution is 2.25. The molecule has 0 radical (unpaired) electrons. The van der Waals surface area contributed by atoms with Crippen LogP contribution in [0.2, 0.25) is 0 Å². The molecule has 2 N–H and O–H groups in total. The normalized spacial score (nSPS) is 18.6. The molecule has 0 saturated carbocycles. The standard InChI is InChI=1S/C12H12N2O3/c13-6-8-1-2-11(15)10(5-8)14-12(16)9-3-4-17-7-9/h1-2,5,9,15H,3-4,7H2,(H,14,16)/t9-/m0/s1. The number of carbonyl (C=O) groups excluding carboxylic acids is 1. The third-order valence-electron chi connectivity index (χ3n) is 2.68. The van der Waals surface area contributed by atoms with E-state index in [9.17, 15) is 9.90 Å². The van der Waals surface area contributed by atoms with Crippen LogP contribution < -0.4 is 5.32 Å². The lowest BCUT2D eigenvalue weighted by molar-refractivity contribution is -0.119. The molecule has 2 rings (SSSR count). The van der Waals surface area contributed by atoms with E-state index >= 15 is 0 Å². The van der Waals surface area contributed by atoms with Crippen LogP contribution in [0, 0.1) is 17.2 Å². The van der Waals surface area contributed by atoms with Crippen LogP contribution in [0.15, 0.2) is 18.2 Å². The molecule has 0 spiro atoms. The summed E-state index contributed by atoms with van der Waals surface area (Å²) in [5, 5.41) is 20.9. The molecule has 1 saturated heterocycles. The van der Waals surface area contributed by atoms with Gasteiger partial charge in [-0.15, -0.1) is 0 Å². The molecule has 1 aromatic carbocycles. The van der Waals surface area contributed by atoms with Crippen LogP contribution in [0.4, 0.5) is 5.69 Å². The molecule has 0 aromatic heterocycles. The van der Waals surface area contributed by atoms with Gasteiger partial charge in [0.1, 0.15) is 5.75 Å². The number of carbonyl (C=O) groups is 1. The number of aromatic hydroxyl groups is 1. The van der Waals surface area contributed by atoms with Gasteiger partial charge in [0, 0.05) is 6.61 Å². The predicted molar refractivity (Wildman–Crippen MR) is 60.4 cm³/mol. The smallest absolute Gasteiger partial charge is 0.230 e. The Morgan fingerprint density at radius 2 is 2.41 bits per heavy atom. The van der Waals surface area contributed by atoms with Crippen molar-refractivity contribution >= 4 is 11.6 Å². The maximum atomic E-state index is 11.8. The van der Waals surface area contributed by atoms with Crippen LogP contribution in [0.1, 0.15) is 12.0 Å². The van der Waals surface area contributed by atoms with E-state index < -0.39 is 0 Å². The number of rotatable bonds is 2. The van der Waals surface area contributed by atoms with Crippen molar-refractivity contribution in [2.45, 2.75) is 6.42 Å². The minimum atomic E-state index is -0.187. The molecule has 0 aliphatic carbocycles. The second-order valence-electron chi connectivity index (χ2n) is 3.89. The van der Waals surface area contributed by atoms with Gasteiger partial charge in [-0.25, -0.2) is 0 Å².